The molecule has 2 aromatic carbocycles. The molecule has 2 aromatic rings. The van der Waals surface area contributed by atoms with Crippen molar-refractivity contribution in [3.05, 3.63) is 59.7 Å². The van der Waals surface area contributed by atoms with Crippen LogP contribution >= 0.6 is 0 Å². The molecular weight excluding hydrogens is 358 g/mol. The highest BCUT2D eigenvalue weighted by molar-refractivity contribution is 6.04. The van der Waals surface area contributed by atoms with E-state index < -0.39 is 12.0 Å². The van der Waals surface area contributed by atoms with Crippen LogP contribution < -0.4 is 10.1 Å². The van der Waals surface area contributed by atoms with Crippen molar-refractivity contribution in [3.8, 4) is 11.8 Å². The van der Waals surface area contributed by atoms with Crippen LogP contribution in [0.2, 0.25) is 0 Å². The van der Waals surface area contributed by atoms with Crippen LogP contribution in [0.4, 0.5) is 5.69 Å². The molecule has 144 valence electrons. The summed E-state index contributed by atoms with van der Waals surface area (Å²) in [7, 11) is 0. The summed E-state index contributed by atoms with van der Waals surface area (Å²) < 4.78 is 10.9. The average molecular weight is 379 g/mol. The summed E-state index contributed by atoms with van der Waals surface area (Å²) in [5, 5.41) is 11.9. The number of benzene rings is 2. The molecular formula is C21H21N3O4. The second-order valence-corrected chi connectivity index (χ2v) is 6.31. The van der Waals surface area contributed by atoms with Crippen LogP contribution in [0.15, 0.2) is 48.5 Å². The van der Waals surface area contributed by atoms with Gasteiger partial charge in [-0.05, 0) is 31.2 Å². The van der Waals surface area contributed by atoms with E-state index in [1.54, 1.807) is 60.4 Å². The Hall–Kier alpha value is -3.37. The largest absolute Gasteiger partial charge is 0.480 e. The Bertz CT molecular complexity index is 901. The Labute approximate surface area is 163 Å². The molecule has 1 fully saturated rings. The molecule has 1 unspecified atom stereocenters. The minimum absolute atomic E-state index is 0.150. The van der Waals surface area contributed by atoms with E-state index in [0.717, 1.165) is 0 Å². The van der Waals surface area contributed by atoms with Crippen molar-refractivity contribution in [3.63, 3.8) is 0 Å². The van der Waals surface area contributed by atoms with Crippen molar-refractivity contribution < 1.29 is 19.1 Å². The summed E-state index contributed by atoms with van der Waals surface area (Å²) in [6, 6.07) is 15.6. The van der Waals surface area contributed by atoms with Gasteiger partial charge in [-0.25, -0.2) is 0 Å². The van der Waals surface area contributed by atoms with Crippen molar-refractivity contribution in [2.24, 2.45) is 0 Å². The number of rotatable bonds is 5. The highest BCUT2D eigenvalue weighted by Crippen LogP contribution is 2.21. The zero-order chi connectivity index (χ0) is 19.9. The van der Waals surface area contributed by atoms with E-state index in [9.17, 15) is 9.59 Å². The average Bonchev–Trinajstić information content (AvgIpc) is 2.74. The molecule has 1 N–H and O–H groups in total. The van der Waals surface area contributed by atoms with Gasteiger partial charge in [-0.1, -0.05) is 24.3 Å². The topological polar surface area (TPSA) is 91.7 Å². The number of nitrogens with zero attached hydrogens (tertiary/aromatic N) is 2. The maximum atomic E-state index is 12.8. The van der Waals surface area contributed by atoms with Crippen molar-refractivity contribution in [2.75, 3.05) is 31.6 Å². The van der Waals surface area contributed by atoms with Crippen molar-refractivity contribution in [2.45, 2.75) is 13.0 Å². The van der Waals surface area contributed by atoms with Gasteiger partial charge in [0.1, 0.15) is 11.8 Å². The summed E-state index contributed by atoms with van der Waals surface area (Å²) in [6.45, 7) is 3.64. The van der Waals surface area contributed by atoms with Crippen LogP contribution in [0.3, 0.4) is 0 Å². The third-order valence-corrected chi connectivity index (χ3v) is 4.39. The number of nitriles is 1. The number of ether oxygens (including phenoxy) is 2. The molecule has 0 bridgehead atoms. The number of hydrogen-bond acceptors (Lipinski definition) is 5. The van der Waals surface area contributed by atoms with E-state index in [1.807, 2.05) is 6.07 Å². The highest BCUT2D eigenvalue weighted by atomic mass is 16.5. The fraction of sp³-hybridized carbons (Fsp3) is 0.286. The molecule has 3 rings (SSSR count). The molecule has 0 saturated carbocycles. The van der Waals surface area contributed by atoms with Gasteiger partial charge in [0.15, 0.2) is 6.10 Å². The molecule has 28 heavy (non-hydrogen) atoms. The Kier molecular flexibility index (Phi) is 6.25. The standard InChI is InChI=1S/C21H21N3O4/c1-15(28-19-9-5-2-6-16(19)14-22)20(25)23-18-8-4-3-7-17(18)21(26)24-10-12-27-13-11-24/h2-9,15H,10-13H2,1H3,(H,23,25). The van der Waals surface area contributed by atoms with Crippen LogP contribution in [0, 0.1) is 11.3 Å². The van der Waals surface area contributed by atoms with E-state index >= 15 is 0 Å². The van der Waals surface area contributed by atoms with E-state index in [0.29, 0.717) is 48.9 Å². The van der Waals surface area contributed by atoms with Crippen LogP contribution in [0.5, 0.6) is 5.75 Å². The Morgan fingerprint density at radius 3 is 2.57 bits per heavy atom. The van der Waals surface area contributed by atoms with Crippen molar-refractivity contribution in [1.29, 1.82) is 5.26 Å². The van der Waals surface area contributed by atoms with Gasteiger partial charge in [0.25, 0.3) is 11.8 Å². The zero-order valence-electron chi connectivity index (χ0n) is 15.6. The van der Waals surface area contributed by atoms with Gasteiger partial charge in [0.05, 0.1) is 30.0 Å². The maximum absolute atomic E-state index is 12.8. The molecule has 7 nitrogen and oxygen atoms in total. The van der Waals surface area contributed by atoms with E-state index in [4.69, 9.17) is 14.7 Å². The van der Waals surface area contributed by atoms with E-state index in [-0.39, 0.29) is 5.91 Å². The van der Waals surface area contributed by atoms with Gasteiger partial charge in [0, 0.05) is 13.1 Å². The van der Waals surface area contributed by atoms with Crippen molar-refractivity contribution in [1.82, 2.24) is 4.90 Å². The molecule has 0 aliphatic carbocycles. The zero-order valence-corrected chi connectivity index (χ0v) is 15.6. The lowest BCUT2D eigenvalue weighted by Crippen LogP contribution is -2.41. The molecule has 1 saturated heterocycles. The molecule has 2 amide bonds. The SMILES string of the molecule is CC(Oc1ccccc1C#N)C(=O)Nc1ccccc1C(=O)N1CCOCC1. The Morgan fingerprint density at radius 1 is 1.14 bits per heavy atom. The number of carbonyl (C=O) groups is 2. The number of amides is 2. The first-order valence-corrected chi connectivity index (χ1v) is 9.03. The number of para-hydroxylation sites is 2. The van der Waals surface area contributed by atoms with Gasteiger partial charge in [-0.15, -0.1) is 0 Å². The molecule has 0 aromatic heterocycles. The highest BCUT2D eigenvalue weighted by Gasteiger charge is 2.23. The number of nitrogens with one attached hydrogen (secondary N) is 1. The first-order chi connectivity index (χ1) is 13.6. The Balaban J connectivity index is 1.72. The normalized spacial score (nSPS) is 14.6. The lowest BCUT2D eigenvalue weighted by molar-refractivity contribution is -0.122. The smallest absolute Gasteiger partial charge is 0.265 e. The van der Waals surface area contributed by atoms with E-state index in [2.05, 4.69) is 5.32 Å². The Morgan fingerprint density at radius 2 is 1.82 bits per heavy atom. The van der Waals surface area contributed by atoms with Gasteiger partial charge < -0.3 is 19.7 Å². The maximum Gasteiger partial charge on any atom is 0.265 e. The second kappa shape index (κ2) is 9.02. The van der Waals surface area contributed by atoms with Gasteiger partial charge in [-0.3, -0.25) is 9.59 Å². The van der Waals surface area contributed by atoms with Gasteiger partial charge >= 0.3 is 0 Å². The first-order valence-electron chi connectivity index (χ1n) is 9.03. The number of carbonyl (C=O) groups excluding carboxylic acids is 2. The third-order valence-electron chi connectivity index (χ3n) is 4.39. The second-order valence-electron chi connectivity index (χ2n) is 6.31. The minimum atomic E-state index is -0.846. The summed E-state index contributed by atoms with van der Waals surface area (Å²) in [6.07, 6.45) is -0.846. The van der Waals surface area contributed by atoms with Crippen LogP contribution in [-0.4, -0.2) is 49.1 Å². The molecule has 0 radical (unpaired) electrons. The predicted molar refractivity (Wildman–Crippen MR) is 103 cm³/mol. The molecule has 1 atom stereocenters. The summed E-state index contributed by atoms with van der Waals surface area (Å²) >= 11 is 0. The number of anilines is 1. The van der Waals surface area contributed by atoms with Crippen LogP contribution in [-0.2, 0) is 9.53 Å². The van der Waals surface area contributed by atoms with Gasteiger partial charge in [0.2, 0.25) is 0 Å². The predicted octanol–water partition coefficient (Wildman–Crippen LogP) is 2.44. The summed E-state index contributed by atoms with van der Waals surface area (Å²) in [4.78, 5) is 27.1. The molecule has 7 heteroatoms. The summed E-state index contributed by atoms with van der Waals surface area (Å²) in [5.74, 6) is -0.220. The lowest BCUT2D eigenvalue weighted by atomic mass is 10.1. The van der Waals surface area contributed by atoms with E-state index in [1.165, 1.54) is 0 Å². The number of morpholine rings is 1. The molecule has 0 spiro atoms. The van der Waals surface area contributed by atoms with Gasteiger partial charge in [-0.2, -0.15) is 5.26 Å². The van der Waals surface area contributed by atoms with Crippen molar-refractivity contribution >= 4 is 17.5 Å². The molecule has 1 heterocycles. The summed E-state index contributed by atoms with van der Waals surface area (Å²) in [5.41, 5.74) is 1.19. The fourth-order valence-corrected chi connectivity index (χ4v) is 2.86. The third kappa shape index (κ3) is 4.48. The molecule has 1 aliphatic rings. The lowest BCUT2D eigenvalue weighted by Gasteiger charge is -2.27. The monoisotopic (exact) mass is 379 g/mol. The fourth-order valence-electron chi connectivity index (χ4n) is 2.86. The van der Waals surface area contributed by atoms with Crippen LogP contribution in [0.1, 0.15) is 22.8 Å². The number of hydrogen-bond donors (Lipinski definition) is 1. The van der Waals surface area contributed by atoms with Crippen LogP contribution in [0.25, 0.3) is 0 Å². The first kappa shape index (κ1) is 19.4. The molecule has 1 aliphatic heterocycles. The quantitative estimate of drug-likeness (QED) is 0.861. The minimum Gasteiger partial charge on any atom is -0.480 e.